The molecule has 7 heteroatoms. The van der Waals surface area contributed by atoms with Gasteiger partial charge in [0.1, 0.15) is 0 Å². The largest absolute Gasteiger partial charge is 0.311 e. The van der Waals surface area contributed by atoms with E-state index in [0.29, 0.717) is 5.56 Å². The molecule has 21 rings (SSSR count). The third-order valence-electron chi connectivity index (χ3n) is 21.3. The first-order chi connectivity index (χ1) is 49.0. The van der Waals surface area contributed by atoms with Crippen LogP contribution in [-0.4, -0.2) is 22.8 Å². The van der Waals surface area contributed by atoms with E-state index in [4.69, 9.17) is 0 Å². The second kappa shape index (κ2) is 21.4. The molecule has 1 aliphatic carbocycles. The van der Waals surface area contributed by atoms with Gasteiger partial charge in [-0.05, 0) is 198 Å². The highest BCUT2D eigenvalue weighted by atomic mass is 32.1. The van der Waals surface area contributed by atoms with E-state index in [2.05, 4.69) is 339 Å². The van der Waals surface area contributed by atoms with Crippen LogP contribution in [-0.2, 0) is 0 Å². The van der Waals surface area contributed by atoms with Crippen molar-refractivity contribution >= 4 is 141 Å². The lowest BCUT2D eigenvalue weighted by atomic mass is 9.84. The molecule has 0 aliphatic heterocycles. The third kappa shape index (κ3) is 8.28. The Morgan fingerprint density at radius 2 is 0.717 bits per heavy atom. The third-order valence-corrected chi connectivity index (χ3v) is 22.5. The second-order valence-corrected chi connectivity index (χ2v) is 27.8. The van der Waals surface area contributed by atoms with E-state index in [-0.39, 0.29) is 5.92 Å². The minimum Gasteiger partial charge on any atom is -0.311 e. The van der Waals surface area contributed by atoms with Crippen LogP contribution in [0.3, 0.4) is 0 Å². The Labute approximate surface area is 573 Å². The van der Waals surface area contributed by atoms with Gasteiger partial charge in [0.25, 0.3) is 0 Å². The fraction of sp³-hybridized carbons (Fsp3) is 0.0326. The first-order valence-corrected chi connectivity index (χ1v) is 34.9. The van der Waals surface area contributed by atoms with E-state index in [1.54, 1.807) is 0 Å². The van der Waals surface area contributed by atoms with Gasteiger partial charge in [-0.3, -0.25) is 0 Å². The molecule has 1 atom stereocenters. The van der Waals surface area contributed by atoms with E-state index in [1.807, 2.05) is 23.5 Å². The molecule has 14 aromatic carbocycles. The average molecular weight is 1280 g/mol. The molecule has 99 heavy (non-hydrogen) atoms. The molecule has 0 radical (unpaired) electrons. The number of rotatable bonds is 8. The van der Waals surface area contributed by atoms with Crippen molar-refractivity contribution in [3.8, 4) is 56.8 Å². The number of fused-ring (bicyclic) bond motifs is 18. The maximum absolute atomic E-state index is 9.57. The van der Waals surface area contributed by atoms with Gasteiger partial charge in [-0.25, -0.2) is 0 Å². The number of nitrogens with zero attached hydrogens (tertiary/aromatic N) is 6. The summed E-state index contributed by atoms with van der Waals surface area (Å²) >= 11 is 1.90. The van der Waals surface area contributed by atoms with Gasteiger partial charge in [0, 0.05) is 104 Å². The SMILES string of the molecule is CC1CC(c2ccc3c(c2)c2ccccc2n3-c2ccc(C#N)cc2)=Cc2c1n(-c1cccc3c1sc1ccc(-c4cccc(-n5c6ccccc6c6cc(-c7ccc8c(c7)c7ccccc7n8-c7ccc8c(c7)c7ccccc7n8-c7ccccc7)ccc65)c4)cc13)c1ccccc21. The summed E-state index contributed by atoms with van der Waals surface area (Å²) < 4.78 is 14.8. The maximum atomic E-state index is 9.57. The lowest BCUT2D eigenvalue weighted by Crippen LogP contribution is -2.09. The minimum absolute atomic E-state index is 0.245. The number of para-hydroxylation sites is 6. The van der Waals surface area contributed by atoms with E-state index in [0.717, 1.165) is 40.2 Å². The summed E-state index contributed by atoms with van der Waals surface area (Å²) in [5.41, 5.74) is 27.0. The topological polar surface area (TPSA) is 48.4 Å². The smallest absolute Gasteiger partial charge is 0.0991 e. The summed E-state index contributed by atoms with van der Waals surface area (Å²) in [6.07, 6.45) is 3.39. The Hall–Kier alpha value is -12.7. The summed E-state index contributed by atoms with van der Waals surface area (Å²) in [6.45, 7) is 2.41. The van der Waals surface area contributed by atoms with Gasteiger partial charge in [0.2, 0.25) is 0 Å². The monoisotopic (exact) mass is 1280 g/mol. The Morgan fingerprint density at radius 3 is 1.30 bits per heavy atom. The maximum Gasteiger partial charge on any atom is 0.0991 e. The standard InChI is InChI=1S/C92H58N6S/c1-56-47-63(62-37-44-85-76(51-62)68-21-5-10-27-80(68)95(85)65-39-33-57(55-93)34-40-65)53-79-72-25-9-14-31-84(72)98(91(56)79)89-32-16-26-73-78-52-61(38-46-90(78)99-92(73)89)58-17-15-20-66(48-58)96-82-29-12-6-22-69(82)74-49-59(35-42-86(74)96)60-36-43-87-75(50-60)70-23-7-13-30-83(70)97(87)67-41-45-88-77(54-67)71-24-8-11-28-81(71)94(88)64-18-3-2-4-19-64/h2-46,48-54,56H,47H2,1H3. The second-order valence-electron chi connectivity index (χ2n) is 26.7. The highest BCUT2D eigenvalue weighted by molar-refractivity contribution is 7.26. The lowest BCUT2D eigenvalue weighted by Gasteiger charge is -2.24. The van der Waals surface area contributed by atoms with Gasteiger partial charge in [0.15, 0.2) is 0 Å². The van der Waals surface area contributed by atoms with Crippen molar-refractivity contribution in [2.45, 2.75) is 19.3 Å². The quantitative estimate of drug-likeness (QED) is 0.150. The van der Waals surface area contributed by atoms with Gasteiger partial charge in [-0.1, -0.05) is 165 Å². The highest BCUT2D eigenvalue weighted by Crippen LogP contribution is 2.49. The average Bonchev–Trinajstić information content (AvgIpc) is 1.58. The summed E-state index contributed by atoms with van der Waals surface area (Å²) in [5, 5.41) is 23.2. The highest BCUT2D eigenvalue weighted by Gasteiger charge is 2.29. The molecule has 0 fully saturated rings. The fourth-order valence-electron chi connectivity index (χ4n) is 17.0. The van der Waals surface area contributed by atoms with Crippen molar-refractivity contribution < 1.29 is 0 Å². The van der Waals surface area contributed by atoms with E-state index < -0.39 is 0 Å². The normalized spacial score (nSPS) is 13.4. The Morgan fingerprint density at radius 1 is 0.313 bits per heavy atom. The molecule has 1 aliphatic rings. The van der Waals surface area contributed by atoms with E-state index in [9.17, 15) is 5.26 Å². The predicted octanol–water partition coefficient (Wildman–Crippen LogP) is 24.6. The lowest BCUT2D eigenvalue weighted by molar-refractivity contribution is 0.734. The summed E-state index contributed by atoms with van der Waals surface area (Å²) in [5.74, 6) is 0.245. The molecular weight excluding hydrogens is 1220 g/mol. The molecule has 6 nitrogen and oxygen atoms in total. The van der Waals surface area contributed by atoms with Crippen molar-refractivity contribution in [2.24, 2.45) is 0 Å². The summed E-state index contributed by atoms with van der Waals surface area (Å²) in [7, 11) is 0. The van der Waals surface area contributed by atoms with Crippen LogP contribution in [0.4, 0.5) is 0 Å². The fourth-order valence-corrected chi connectivity index (χ4v) is 18.1. The predicted molar refractivity (Wildman–Crippen MR) is 416 cm³/mol. The van der Waals surface area contributed by atoms with Crippen LogP contribution in [0.25, 0.3) is 181 Å². The number of nitriles is 1. The van der Waals surface area contributed by atoms with Crippen LogP contribution in [0.1, 0.15) is 41.6 Å². The molecule has 462 valence electrons. The molecule has 0 saturated carbocycles. The molecule has 1 unspecified atom stereocenters. The molecule has 6 aromatic heterocycles. The summed E-state index contributed by atoms with van der Waals surface area (Å²) in [6, 6.07) is 116. The van der Waals surface area contributed by atoms with E-state index >= 15 is 0 Å². The molecule has 0 saturated heterocycles. The van der Waals surface area contributed by atoms with Crippen LogP contribution < -0.4 is 0 Å². The molecular formula is C92H58N6S. The van der Waals surface area contributed by atoms with Gasteiger partial charge in [-0.15, -0.1) is 11.3 Å². The van der Waals surface area contributed by atoms with E-state index in [1.165, 1.54) is 158 Å². The van der Waals surface area contributed by atoms with Crippen LogP contribution in [0.5, 0.6) is 0 Å². The zero-order valence-electron chi connectivity index (χ0n) is 53.9. The number of hydrogen-bond acceptors (Lipinski definition) is 2. The number of thiophene rings is 1. The molecule has 0 bridgehead atoms. The first kappa shape index (κ1) is 55.5. The molecule has 0 N–H and O–H groups in total. The van der Waals surface area contributed by atoms with Gasteiger partial charge < -0.3 is 22.8 Å². The Kier molecular flexibility index (Phi) is 12.0. The number of hydrogen-bond donors (Lipinski definition) is 0. The van der Waals surface area contributed by atoms with Gasteiger partial charge in [0.05, 0.1) is 71.7 Å². The number of allylic oxidation sites excluding steroid dienone is 1. The van der Waals surface area contributed by atoms with Crippen LogP contribution >= 0.6 is 11.3 Å². The van der Waals surface area contributed by atoms with Crippen molar-refractivity contribution in [3.05, 3.63) is 332 Å². The van der Waals surface area contributed by atoms with Crippen molar-refractivity contribution in [1.29, 1.82) is 5.26 Å². The van der Waals surface area contributed by atoms with Gasteiger partial charge in [-0.2, -0.15) is 5.26 Å². The minimum atomic E-state index is 0.245. The van der Waals surface area contributed by atoms with Crippen LogP contribution in [0, 0.1) is 11.3 Å². The zero-order chi connectivity index (χ0) is 65.1. The van der Waals surface area contributed by atoms with Crippen LogP contribution in [0.2, 0.25) is 0 Å². The Balaban J connectivity index is 0.626. The molecule has 20 aromatic rings. The zero-order valence-corrected chi connectivity index (χ0v) is 54.7. The molecule has 6 heterocycles. The van der Waals surface area contributed by atoms with Crippen molar-refractivity contribution in [1.82, 2.24) is 22.8 Å². The number of aromatic nitrogens is 5. The van der Waals surface area contributed by atoms with Crippen molar-refractivity contribution in [2.75, 3.05) is 0 Å². The summed E-state index contributed by atoms with van der Waals surface area (Å²) in [4.78, 5) is 0. The van der Waals surface area contributed by atoms with Gasteiger partial charge >= 0.3 is 0 Å². The Bertz CT molecular complexity index is 6910. The van der Waals surface area contributed by atoms with Crippen LogP contribution in [0.15, 0.2) is 309 Å². The molecule has 0 spiro atoms. The van der Waals surface area contributed by atoms with Crippen molar-refractivity contribution in [3.63, 3.8) is 0 Å². The number of benzene rings is 14. The molecule has 0 amide bonds. The first-order valence-electron chi connectivity index (χ1n) is 34.1.